The molecule has 0 aliphatic carbocycles. The van der Waals surface area contributed by atoms with E-state index in [2.05, 4.69) is 11.8 Å². The number of piperidine rings is 1. The Kier molecular flexibility index (Phi) is 3.98. The van der Waals surface area contributed by atoms with E-state index in [0.29, 0.717) is 6.04 Å². The molecule has 0 radical (unpaired) electrons. The Hall–Kier alpha value is -0.120. The highest BCUT2D eigenvalue weighted by atomic mass is 16.5. The molecule has 0 aromatic carbocycles. The van der Waals surface area contributed by atoms with Gasteiger partial charge in [-0.1, -0.05) is 0 Å². The molecule has 1 saturated heterocycles. The first-order valence-corrected chi connectivity index (χ1v) is 4.65. The van der Waals surface area contributed by atoms with Gasteiger partial charge in [0.1, 0.15) is 0 Å². The van der Waals surface area contributed by atoms with Crippen LogP contribution in [0, 0.1) is 0 Å². The number of aliphatic hydroxyl groups is 1. The van der Waals surface area contributed by atoms with E-state index < -0.39 is 0 Å². The number of β-amino-alcohol motifs (C(OH)–C–C–N with tert-alkyl or cyclic N) is 1. The lowest BCUT2D eigenvalue weighted by molar-refractivity contribution is 0.0256. The van der Waals surface area contributed by atoms with Crippen LogP contribution in [0.4, 0.5) is 0 Å². The van der Waals surface area contributed by atoms with Gasteiger partial charge in [0.15, 0.2) is 0 Å². The van der Waals surface area contributed by atoms with Crippen LogP contribution in [-0.2, 0) is 4.74 Å². The zero-order valence-corrected chi connectivity index (χ0v) is 7.99. The minimum Gasteiger partial charge on any atom is -0.392 e. The molecule has 0 aromatic heterocycles. The fourth-order valence-electron chi connectivity index (χ4n) is 1.73. The normalized spacial score (nSPS) is 28.8. The molecular formula is C9H19NO2. The Balaban J connectivity index is 2.29. The first-order valence-electron chi connectivity index (χ1n) is 4.65. The van der Waals surface area contributed by atoms with E-state index in [1.807, 2.05) is 0 Å². The first-order chi connectivity index (χ1) is 5.74. The van der Waals surface area contributed by atoms with Crippen molar-refractivity contribution in [3.63, 3.8) is 0 Å². The Morgan fingerprint density at radius 3 is 3.00 bits per heavy atom. The lowest BCUT2D eigenvalue weighted by atomic mass is 10.1. The molecule has 0 saturated carbocycles. The quantitative estimate of drug-likeness (QED) is 0.673. The van der Waals surface area contributed by atoms with Crippen LogP contribution >= 0.6 is 0 Å². The highest BCUT2D eigenvalue weighted by Gasteiger charge is 2.21. The molecule has 1 unspecified atom stereocenters. The second-order valence-corrected chi connectivity index (χ2v) is 3.60. The highest BCUT2D eigenvalue weighted by Crippen LogP contribution is 2.12. The molecular weight excluding hydrogens is 154 g/mol. The molecule has 1 heterocycles. The van der Waals surface area contributed by atoms with E-state index in [9.17, 15) is 5.11 Å². The number of ether oxygens (including phenoxy) is 1. The predicted octanol–water partition coefficient (Wildman–Crippen LogP) is 0.478. The van der Waals surface area contributed by atoms with Crippen LogP contribution < -0.4 is 0 Å². The number of hydrogen-bond donors (Lipinski definition) is 1. The standard InChI is InChI=1S/C9H19NO2/c1-8(7-12-2)10-5-3-4-9(11)6-10/h8-9,11H,3-7H2,1-2H3/t8?,9-/m0/s1. The Bertz CT molecular complexity index is 130. The van der Waals surface area contributed by atoms with Crippen molar-refractivity contribution in [3.8, 4) is 0 Å². The van der Waals surface area contributed by atoms with E-state index in [1.54, 1.807) is 7.11 Å². The van der Waals surface area contributed by atoms with Gasteiger partial charge in [-0.05, 0) is 26.3 Å². The average molecular weight is 173 g/mol. The van der Waals surface area contributed by atoms with Gasteiger partial charge in [-0.2, -0.15) is 0 Å². The van der Waals surface area contributed by atoms with Crippen molar-refractivity contribution in [2.45, 2.75) is 31.9 Å². The van der Waals surface area contributed by atoms with Crippen molar-refractivity contribution < 1.29 is 9.84 Å². The predicted molar refractivity (Wildman–Crippen MR) is 48.2 cm³/mol. The Morgan fingerprint density at radius 1 is 1.67 bits per heavy atom. The van der Waals surface area contributed by atoms with Gasteiger partial charge < -0.3 is 9.84 Å². The van der Waals surface area contributed by atoms with Gasteiger partial charge >= 0.3 is 0 Å². The molecule has 1 fully saturated rings. The molecule has 0 bridgehead atoms. The highest BCUT2D eigenvalue weighted by molar-refractivity contribution is 4.75. The van der Waals surface area contributed by atoms with E-state index in [0.717, 1.165) is 32.5 Å². The maximum Gasteiger partial charge on any atom is 0.0667 e. The third-order valence-corrected chi connectivity index (χ3v) is 2.46. The van der Waals surface area contributed by atoms with Crippen LogP contribution in [0.25, 0.3) is 0 Å². The number of likely N-dealkylation sites (tertiary alicyclic amines) is 1. The molecule has 3 heteroatoms. The van der Waals surface area contributed by atoms with Gasteiger partial charge in [-0.3, -0.25) is 4.90 Å². The van der Waals surface area contributed by atoms with Gasteiger partial charge in [-0.25, -0.2) is 0 Å². The monoisotopic (exact) mass is 173 g/mol. The molecule has 1 N–H and O–H groups in total. The van der Waals surface area contributed by atoms with Gasteiger partial charge in [-0.15, -0.1) is 0 Å². The minimum atomic E-state index is -0.127. The van der Waals surface area contributed by atoms with E-state index in [-0.39, 0.29) is 6.10 Å². The Labute approximate surface area is 74.3 Å². The van der Waals surface area contributed by atoms with Crippen LogP contribution in [0.15, 0.2) is 0 Å². The molecule has 3 nitrogen and oxygen atoms in total. The summed E-state index contributed by atoms with van der Waals surface area (Å²) in [4.78, 5) is 2.29. The Morgan fingerprint density at radius 2 is 2.42 bits per heavy atom. The average Bonchev–Trinajstić information content (AvgIpc) is 2.05. The molecule has 0 amide bonds. The number of rotatable bonds is 3. The SMILES string of the molecule is COCC(C)N1CCC[C@H](O)C1. The molecule has 1 aliphatic heterocycles. The molecule has 12 heavy (non-hydrogen) atoms. The number of aliphatic hydroxyl groups excluding tert-OH is 1. The summed E-state index contributed by atoms with van der Waals surface area (Å²) in [5.74, 6) is 0. The van der Waals surface area contributed by atoms with Crippen LogP contribution in [0.2, 0.25) is 0 Å². The van der Waals surface area contributed by atoms with Crippen LogP contribution in [0.3, 0.4) is 0 Å². The zero-order chi connectivity index (χ0) is 8.97. The van der Waals surface area contributed by atoms with Crippen molar-refractivity contribution in [1.29, 1.82) is 0 Å². The second-order valence-electron chi connectivity index (χ2n) is 3.60. The van der Waals surface area contributed by atoms with Crippen molar-refractivity contribution >= 4 is 0 Å². The van der Waals surface area contributed by atoms with Gasteiger partial charge in [0.2, 0.25) is 0 Å². The van der Waals surface area contributed by atoms with E-state index in [1.165, 1.54) is 0 Å². The fraction of sp³-hybridized carbons (Fsp3) is 1.00. The lowest BCUT2D eigenvalue weighted by Crippen LogP contribution is -2.45. The van der Waals surface area contributed by atoms with Crippen LogP contribution in [0.1, 0.15) is 19.8 Å². The van der Waals surface area contributed by atoms with Crippen molar-refractivity contribution in [2.24, 2.45) is 0 Å². The zero-order valence-electron chi connectivity index (χ0n) is 7.99. The molecule has 72 valence electrons. The lowest BCUT2D eigenvalue weighted by Gasteiger charge is -2.34. The third-order valence-electron chi connectivity index (χ3n) is 2.46. The minimum absolute atomic E-state index is 0.127. The summed E-state index contributed by atoms with van der Waals surface area (Å²) in [6.45, 7) is 4.81. The summed E-state index contributed by atoms with van der Waals surface area (Å²) in [6.07, 6.45) is 1.93. The van der Waals surface area contributed by atoms with E-state index >= 15 is 0 Å². The summed E-state index contributed by atoms with van der Waals surface area (Å²) in [7, 11) is 1.72. The molecule has 1 rings (SSSR count). The smallest absolute Gasteiger partial charge is 0.0667 e. The maximum absolute atomic E-state index is 9.41. The van der Waals surface area contributed by atoms with Crippen molar-refractivity contribution in [3.05, 3.63) is 0 Å². The van der Waals surface area contributed by atoms with Crippen LogP contribution in [-0.4, -0.2) is 49.0 Å². The fourth-order valence-corrected chi connectivity index (χ4v) is 1.73. The number of nitrogens with zero attached hydrogens (tertiary/aromatic N) is 1. The van der Waals surface area contributed by atoms with Crippen molar-refractivity contribution in [1.82, 2.24) is 4.90 Å². The van der Waals surface area contributed by atoms with Crippen LogP contribution in [0.5, 0.6) is 0 Å². The molecule has 0 spiro atoms. The number of methoxy groups -OCH3 is 1. The maximum atomic E-state index is 9.41. The second kappa shape index (κ2) is 4.80. The summed E-state index contributed by atoms with van der Waals surface area (Å²) < 4.78 is 5.07. The molecule has 0 aromatic rings. The summed E-state index contributed by atoms with van der Waals surface area (Å²) in [5.41, 5.74) is 0. The van der Waals surface area contributed by atoms with Gasteiger partial charge in [0, 0.05) is 19.7 Å². The largest absolute Gasteiger partial charge is 0.392 e. The third kappa shape index (κ3) is 2.73. The molecule has 1 aliphatic rings. The molecule has 2 atom stereocenters. The summed E-state index contributed by atoms with van der Waals surface area (Å²) in [6, 6.07) is 0.435. The van der Waals surface area contributed by atoms with Gasteiger partial charge in [0.05, 0.1) is 12.7 Å². The first kappa shape index (κ1) is 9.96. The topological polar surface area (TPSA) is 32.7 Å². The van der Waals surface area contributed by atoms with Gasteiger partial charge in [0.25, 0.3) is 0 Å². The van der Waals surface area contributed by atoms with E-state index in [4.69, 9.17) is 4.74 Å². The summed E-state index contributed by atoms with van der Waals surface area (Å²) >= 11 is 0. The number of hydrogen-bond acceptors (Lipinski definition) is 3. The van der Waals surface area contributed by atoms with Crippen molar-refractivity contribution in [2.75, 3.05) is 26.8 Å². The summed E-state index contributed by atoms with van der Waals surface area (Å²) in [5, 5.41) is 9.41.